The minimum Gasteiger partial charge on any atom is -0.391 e. The van der Waals surface area contributed by atoms with Crippen molar-refractivity contribution in [1.82, 2.24) is 5.32 Å². The summed E-state index contributed by atoms with van der Waals surface area (Å²) < 4.78 is 0. The Balaban J connectivity index is 3.18. The first kappa shape index (κ1) is 14.4. The molecule has 1 rings (SSSR count). The zero-order valence-corrected chi connectivity index (χ0v) is 10.4. The van der Waals surface area contributed by atoms with Gasteiger partial charge in [0.15, 0.2) is 0 Å². The summed E-state index contributed by atoms with van der Waals surface area (Å²) in [5.41, 5.74) is 1.47. The van der Waals surface area contributed by atoms with Crippen molar-refractivity contribution in [3.8, 4) is 6.07 Å². The number of nitrogens with zero attached hydrogens (tertiary/aromatic N) is 2. The zero-order chi connectivity index (χ0) is 14.4. The van der Waals surface area contributed by atoms with Crippen LogP contribution in [-0.4, -0.2) is 10.0 Å². The van der Waals surface area contributed by atoms with E-state index < -0.39 is 11.5 Å². The minimum atomic E-state index is -0.549. The molecule has 0 saturated heterocycles. The number of benzene rings is 1. The molecule has 0 bridgehead atoms. The molecule has 0 atom stereocenters. The Morgan fingerprint density at radius 1 is 1.68 bits per heavy atom. The lowest BCUT2D eigenvalue weighted by atomic mass is 10.1. The predicted molar refractivity (Wildman–Crippen MR) is 70.6 cm³/mol. The Labute approximate surface area is 110 Å². The summed E-state index contributed by atoms with van der Waals surface area (Å²) in [7, 11) is 0. The second-order valence-corrected chi connectivity index (χ2v) is 3.68. The van der Waals surface area contributed by atoms with Crippen LogP contribution in [0, 0.1) is 21.4 Å². The number of hydrogen-bond donors (Lipinski definition) is 2. The molecule has 2 N–H and O–H groups in total. The number of nitro benzene ring substituents is 1. The van der Waals surface area contributed by atoms with E-state index in [2.05, 4.69) is 11.9 Å². The van der Waals surface area contributed by atoms with Crippen molar-refractivity contribution in [2.75, 3.05) is 0 Å². The molecule has 0 amide bonds. The second kappa shape index (κ2) is 6.33. The van der Waals surface area contributed by atoms with Crippen molar-refractivity contribution in [3.05, 3.63) is 57.8 Å². The third-order valence-electron chi connectivity index (χ3n) is 2.47. The lowest BCUT2D eigenvalue weighted by molar-refractivity contribution is -0.385. The van der Waals surface area contributed by atoms with Gasteiger partial charge in [-0.05, 0) is 24.6 Å². The molecule has 6 heteroatoms. The molecule has 0 spiro atoms. The van der Waals surface area contributed by atoms with Gasteiger partial charge in [-0.2, -0.15) is 5.26 Å². The van der Waals surface area contributed by atoms with Gasteiger partial charge in [-0.3, -0.25) is 10.1 Å². The van der Waals surface area contributed by atoms with Crippen LogP contribution in [0.4, 0.5) is 5.69 Å². The van der Waals surface area contributed by atoms with E-state index in [1.165, 1.54) is 12.1 Å². The molecule has 0 aliphatic rings. The molecule has 0 aromatic heterocycles. The predicted octanol–water partition coefficient (Wildman–Crippen LogP) is 2.07. The Hall–Kier alpha value is -2.65. The maximum Gasteiger partial charge on any atom is 0.274 e. The summed E-state index contributed by atoms with van der Waals surface area (Å²) in [4.78, 5) is 10.2. The van der Waals surface area contributed by atoms with Crippen molar-refractivity contribution >= 4 is 11.4 Å². The highest BCUT2D eigenvalue weighted by atomic mass is 16.6. The van der Waals surface area contributed by atoms with Crippen LogP contribution in [0.25, 0.3) is 5.70 Å². The molecule has 0 aliphatic carbocycles. The standard InChI is InChI=1S/C13H13N3O3/c1-3-12(15-9(2)7-14)10-4-5-13(16(18)19)11(6-10)8-17/h3-6,15,17H,2,8H2,1H3/b12-3-. The van der Waals surface area contributed by atoms with Crippen LogP contribution in [0.15, 0.2) is 36.6 Å². The van der Waals surface area contributed by atoms with E-state index in [0.29, 0.717) is 11.3 Å². The highest BCUT2D eigenvalue weighted by molar-refractivity contribution is 5.68. The highest BCUT2D eigenvalue weighted by Gasteiger charge is 2.14. The van der Waals surface area contributed by atoms with E-state index in [-0.39, 0.29) is 16.9 Å². The van der Waals surface area contributed by atoms with Gasteiger partial charge in [0, 0.05) is 11.8 Å². The summed E-state index contributed by atoms with van der Waals surface area (Å²) in [5.74, 6) is 0. The Morgan fingerprint density at radius 2 is 2.37 bits per heavy atom. The van der Waals surface area contributed by atoms with Crippen LogP contribution in [0.3, 0.4) is 0 Å². The second-order valence-electron chi connectivity index (χ2n) is 3.68. The zero-order valence-electron chi connectivity index (χ0n) is 10.4. The van der Waals surface area contributed by atoms with E-state index in [1.807, 2.05) is 6.07 Å². The van der Waals surface area contributed by atoms with Gasteiger partial charge in [0.05, 0.1) is 17.1 Å². The Kier molecular flexibility index (Phi) is 4.80. The molecule has 0 radical (unpaired) electrons. The number of allylic oxidation sites excluding steroid dienone is 2. The van der Waals surface area contributed by atoms with Gasteiger partial charge in [-0.15, -0.1) is 0 Å². The SMILES string of the molecule is C=C(C#N)N/C(=C\C)c1ccc([N+](=O)[O-])c(CO)c1. The van der Waals surface area contributed by atoms with Crippen LogP contribution < -0.4 is 5.32 Å². The molecule has 1 aromatic carbocycles. The number of aliphatic hydroxyl groups excluding tert-OH is 1. The first-order chi connectivity index (χ1) is 9.03. The molecule has 0 heterocycles. The lowest BCUT2D eigenvalue weighted by Gasteiger charge is -2.10. The molecule has 98 valence electrons. The average Bonchev–Trinajstić information content (AvgIpc) is 2.43. The van der Waals surface area contributed by atoms with Gasteiger partial charge in [0.1, 0.15) is 11.8 Å². The van der Waals surface area contributed by atoms with Gasteiger partial charge in [-0.25, -0.2) is 0 Å². The number of rotatable bonds is 5. The Morgan fingerprint density at radius 3 is 2.84 bits per heavy atom. The van der Waals surface area contributed by atoms with Crippen molar-refractivity contribution in [1.29, 1.82) is 5.26 Å². The Bertz CT molecular complexity index is 585. The largest absolute Gasteiger partial charge is 0.391 e. The molecule has 19 heavy (non-hydrogen) atoms. The van der Waals surface area contributed by atoms with Gasteiger partial charge in [0.25, 0.3) is 5.69 Å². The monoisotopic (exact) mass is 259 g/mol. The van der Waals surface area contributed by atoms with E-state index in [4.69, 9.17) is 10.4 Å². The van der Waals surface area contributed by atoms with Crippen LogP contribution in [0.2, 0.25) is 0 Å². The van der Waals surface area contributed by atoms with E-state index in [1.54, 1.807) is 19.1 Å². The van der Waals surface area contributed by atoms with Gasteiger partial charge < -0.3 is 10.4 Å². The maximum atomic E-state index is 10.8. The van der Waals surface area contributed by atoms with Crippen molar-refractivity contribution in [3.63, 3.8) is 0 Å². The normalized spacial score (nSPS) is 10.7. The fourth-order valence-corrected chi connectivity index (χ4v) is 1.56. The molecular formula is C13H13N3O3. The van der Waals surface area contributed by atoms with Crippen molar-refractivity contribution < 1.29 is 10.0 Å². The van der Waals surface area contributed by atoms with E-state index in [0.717, 1.165) is 0 Å². The summed E-state index contributed by atoms with van der Waals surface area (Å²) in [6, 6.07) is 6.23. The number of nitrogens with one attached hydrogen (secondary N) is 1. The molecule has 0 fully saturated rings. The quantitative estimate of drug-likeness (QED) is 0.479. The smallest absolute Gasteiger partial charge is 0.274 e. The van der Waals surface area contributed by atoms with Gasteiger partial charge in [0.2, 0.25) is 0 Å². The van der Waals surface area contributed by atoms with Crippen LogP contribution in [0.5, 0.6) is 0 Å². The van der Waals surface area contributed by atoms with Gasteiger partial charge >= 0.3 is 0 Å². The minimum absolute atomic E-state index is 0.138. The molecular weight excluding hydrogens is 246 g/mol. The fourth-order valence-electron chi connectivity index (χ4n) is 1.56. The van der Waals surface area contributed by atoms with Crippen LogP contribution in [0.1, 0.15) is 18.1 Å². The first-order valence-electron chi connectivity index (χ1n) is 5.44. The highest BCUT2D eigenvalue weighted by Crippen LogP contribution is 2.23. The van der Waals surface area contributed by atoms with E-state index >= 15 is 0 Å². The summed E-state index contributed by atoms with van der Waals surface area (Å²) >= 11 is 0. The summed E-state index contributed by atoms with van der Waals surface area (Å²) in [5, 5.41) is 31.4. The molecule has 0 unspecified atom stereocenters. The van der Waals surface area contributed by atoms with E-state index in [9.17, 15) is 10.1 Å². The third-order valence-corrected chi connectivity index (χ3v) is 2.47. The number of nitriles is 1. The number of aliphatic hydroxyl groups is 1. The number of hydrogen-bond acceptors (Lipinski definition) is 5. The fraction of sp³-hybridized carbons (Fsp3) is 0.154. The van der Waals surface area contributed by atoms with Crippen molar-refractivity contribution in [2.45, 2.75) is 13.5 Å². The average molecular weight is 259 g/mol. The number of nitro groups is 1. The molecule has 6 nitrogen and oxygen atoms in total. The summed E-state index contributed by atoms with van der Waals surface area (Å²) in [6.45, 7) is 4.83. The third kappa shape index (κ3) is 3.40. The molecule has 1 aromatic rings. The summed E-state index contributed by atoms with van der Waals surface area (Å²) in [6.07, 6.45) is 1.71. The van der Waals surface area contributed by atoms with Crippen LogP contribution in [-0.2, 0) is 6.61 Å². The van der Waals surface area contributed by atoms with Gasteiger partial charge in [-0.1, -0.05) is 12.7 Å². The first-order valence-corrected chi connectivity index (χ1v) is 5.44. The lowest BCUT2D eigenvalue weighted by Crippen LogP contribution is -2.10. The van der Waals surface area contributed by atoms with Crippen molar-refractivity contribution in [2.24, 2.45) is 0 Å². The molecule has 0 aliphatic heterocycles. The van der Waals surface area contributed by atoms with Crippen LogP contribution >= 0.6 is 0 Å². The molecule has 0 saturated carbocycles. The topological polar surface area (TPSA) is 99.2 Å². The maximum absolute atomic E-state index is 10.8.